The fraction of sp³-hybridized carbons (Fsp3) is 0.190. The molecule has 1 fully saturated rings. The molecule has 8 heteroatoms. The van der Waals surface area contributed by atoms with Crippen molar-refractivity contribution in [2.24, 2.45) is 0 Å². The first-order valence-corrected chi connectivity index (χ1v) is 11.0. The van der Waals surface area contributed by atoms with E-state index in [1.807, 2.05) is 48.5 Å². The average molecular weight is 409 g/mol. The van der Waals surface area contributed by atoms with E-state index in [2.05, 4.69) is 15.5 Å². The normalized spacial score (nSPS) is 17.7. The lowest BCUT2D eigenvalue weighted by molar-refractivity contribution is 0.0940. The number of carbonyl (C=O) groups excluding carboxylic acids is 1. The topological polar surface area (TPSA) is 109 Å². The third-order valence-electron chi connectivity index (χ3n) is 4.89. The predicted octanol–water partition coefficient (Wildman–Crippen LogP) is 2.02. The van der Waals surface area contributed by atoms with E-state index < -0.39 is 27.3 Å². The molecule has 1 aromatic heterocycles. The number of amides is 1. The summed E-state index contributed by atoms with van der Waals surface area (Å²) in [6, 6.07) is 17.8. The van der Waals surface area contributed by atoms with Gasteiger partial charge >= 0.3 is 0 Å². The fourth-order valence-electron chi connectivity index (χ4n) is 3.52. The Hall–Kier alpha value is -3.26. The van der Waals surface area contributed by atoms with Crippen molar-refractivity contribution in [3.8, 4) is 22.4 Å². The molecule has 1 aliphatic heterocycles. The van der Waals surface area contributed by atoms with Gasteiger partial charge in [-0.05, 0) is 12.0 Å². The molecule has 1 unspecified atom stereocenters. The van der Waals surface area contributed by atoms with Gasteiger partial charge in [-0.15, -0.1) is 0 Å². The van der Waals surface area contributed by atoms with Gasteiger partial charge in [0.15, 0.2) is 9.84 Å². The van der Waals surface area contributed by atoms with E-state index in [4.69, 9.17) is 0 Å². The molecule has 4 rings (SSSR count). The maximum atomic E-state index is 13.1. The van der Waals surface area contributed by atoms with E-state index in [0.29, 0.717) is 23.2 Å². The van der Waals surface area contributed by atoms with Gasteiger partial charge in [0.2, 0.25) is 0 Å². The first-order valence-electron chi connectivity index (χ1n) is 9.19. The molecule has 3 aromatic rings. The van der Waals surface area contributed by atoms with E-state index in [1.165, 1.54) is 0 Å². The molecule has 148 valence electrons. The number of nitrogens with zero attached hydrogens (tertiary/aromatic N) is 1. The number of hydrogen-bond donors (Lipinski definition) is 2. The Kier molecular flexibility index (Phi) is 5.02. The Bertz CT molecular complexity index is 1210. The summed E-state index contributed by atoms with van der Waals surface area (Å²) >= 11 is 0. The number of carbonyl (C=O) groups is 1. The summed E-state index contributed by atoms with van der Waals surface area (Å²) < 4.78 is 23.4. The van der Waals surface area contributed by atoms with Crippen molar-refractivity contribution in [1.82, 2.24) is 15.5 Å². The van der Waals surface area contributed by atoms with Gasteiger partial charge in [-0.25, -0.2) is 13.5 Å². The van der Waals surface area contributed by atoms with E-state index >= 15 is 0 Å². The van der Waals surface area contributed by atoms with Crippen LogP contribution in [-0.4, -0.2) is 42.1 Å². The lowest BCUT2D eigenvalue weighted by Crippen LogP contribution is -2.39. The first kappa shape index (κ1) is 19.1. The van der Waals surface area contributed by atoms with Crippen molar-refractivity contribution in [3.63, 3.8) is 0 Å². The highest BCUT2D eigenvalue weighted by atomic mass is 32.2. The summed E-state index contributed by atoms with van der Waals surface area (Å²) in [5, 5.41) is 9.34. The number of aromatic amines is 1. The van der Waals surface area contributed by atoms with Gasteiger partial charge in [-0.2, -0.15) is 5.10 Å². The van der Waals surface area contributed by atoms with Gasteiger partial charge in [0, 0.05) is 17.2 Å². The van der Waals surface area contributed by atoms with Crippen LogP contribution in [0.25, 0.3) is 22.4 Å². The Labute approximate surface area is 167 Å². The minimum atomic E-state index is -3.16. The molecule has 1 amide bonds. The highest BCUT2D eigenvalue weighted by Crippen LogP contribution is 2.31. The molecule has 0 spiro atoms. The molecule has 1 atom stereocenters. The zero-order valence-electron chi connectivity index (χ0n) is 15.5. The van der Waals surface area contributed by atoms with Crippen LogP contribution in [0.15, 0.2) is 65.5 Å². The van der Waals surface area contributed by atoms with Gasteiger partial charge in [0.1, 0.15) is 5.56 Å². The zero-order chi connectivity index (χ0) is 20.4. The maximum Gasteiger partial charge on any atom is 0.277 e. The van der Waals surface area contributed by atoms with E-state index in [-0.39, 0.29) is 17.1 Å². The summed E-state index contributed by atoms with van der Waals surface area (Å²) in [7, 11) is -3.16. The summed E-state index contributed by atoms with van der Waals surface area (Å²) in [5.74, 6) is -0.689. The molecule has 0 aliphatic carbocycles. The second-order valence-corrected chi connectivity index (χ2v) is 9.19. The number of sulfone groups is 1. The Morgan fingerprint density at radius 2 is 1.62 bits per heavy atom. The summed E-state index contributed by atoms with van der Waals surface area (Å²) in [4.78, 5) is 25.7. The van der Waals surface area contributed by atoms with Gasteiger partial charge in [-0.1, -0.05) is 60.7 Å². The van der Waals surface area contributed by atoms with Gasteiger partial charge < -0.3 is 5.32 Å². The number of rotatable bonds is 4. The standard InChI is InChI=1S/C21H19N3O4S/c25-20(22-16-11-12-29(27,28)13-16)18-17(14-7-3-1-4-8-14)19(23-24-21(18)26)15-9-5-2-6-10-15/h1-10,16H,11-13H2,(H,22,25)(H,24,26). The number of aromatic nitrogens is 2. The van der Waals surface area contributed by atoms with Crippen molar-refractivity contribution < 1.29 is 13.2 Å². The van der Waals surface area contributed by atoms with E-state index in [0.717, 1.165) is 5.56 Å². The van der Waals surface area contributed by atoms with Crippen LogP contribution in [0.5, 0.6) is 0 Å². The largest absolute Gasteiger partial charge is 0.348 e. The van der Waals surface area contributed by atoms with Crippen molar-refractivity contribution in [1.29, 1.82) is 0 Å². The SMILES string of the molecule is O=C(NC1CCS(=O)(=O)C1)c1c(-c2ccccc2)c(-c2ccccc2)n[nH]c1=O. The molecule has 2 N–H and O–H groups in total. The molecule has 0 radical (unpaired) electrons. The second kappa shape index (κ2) is 7.63. The molecule has 2 aromatic carbocycles. The van der Waals surface area contributed by atoms with Crippen LogP contribution in [0, 0.1) is 0 Å². The Morgan fingerprint density at radius 3 is 2.21 bits per heavy atom. The molecular weight excluding hydrogens is 390 g/mol. The monoisotopic (exact) mass is 409 g/mol. The Morgan fingerprint density at radius 1 is 1.00 bits per heavy atom. The zero-order valence-corrected chi connectivity index (χ0v) is 16.3. The van der Waals surface area contributed by atoms with Gasteiger partial charge in [0.05, 0.1) is 17.2 Å². The summed E-state index contributed by atoms with van der Waals surface area (Å²) in [5.41, 5.74) is 1.62. The van der Waals surface area contributed by atoms with Crippen LogP contribution in [0.2, 0.25) is 0 Å². The second-order valence-electron chi connectivity index (χ2n) is 6.96. The third-order valence-corrected chi connectivity index (χ3v) is 6.66. The van der Waals surface area contributed by atoms with Crippen molar-refractivity contribution in [2.45, 2.75) is 12.5 Å². The van der Waals surface area contributed by atoms with Crippen molar-refractivity contribution in [3.05, 3.63) is 76.6 Å². The average Bonchev–Trinajstić information content (AvgIpc) is 3.07. The molecular formula is C21H19N3O4S. The molecule has 7 nitrogen and oxygen atoms in total. The Balaban J connectivity index is 1.85. The predicted molar refractivity (Wildman–Crippen MR) is 110 cm³/mol. The molecule has 0 saturated carbocycles. The molecule has 0 bridgehead atoms. The first-order chi connectivity index (χ1) is 13.9. The van der Waals surface area contributed by atoms with Crippen LogP contribution < -0.4 is 10.9 Å². The number of H-pyrrole nitrogens is 1. The summed E-state index contributed by atoms with van der Waals surface area (Å²) in [6.45, 7) is 0. The van der Waals surface area contributed by atoms with Crippen molar-refractivity contribution in [2.75, 3.05) is 11.5 Å². The highest BCUT2D eigenvalue weighted by molar-refractivity contribution is 7.91. The smallest absolute Gasteiger partial charge is 0.277 e. The van der Waals surface area contributed by atoms with Crippen LogP contribution in [0.4, 0.5) is 0 Å². The minimum Gasteiger partial charge on any atom is -0.348 e. The number of hydrogen-bond acceptors (Lipinski definition) is 5. The number of nitrogens with one attached hydrogen (secondary N) is 2. The van der Waals surface area contributed by atoms with Gasteiger partial charge in [0.25, 0.3) is 11.5 Å². The molecule has 2 heterocycles. The summed E-state index contributed by atoms with van der Waals surface area (Å²) in [6.07, 6.45) is 0.337. The lowest BCUT2D eigenvalue weighted by atomic mass is 9.95. The molecule has 1 aliphatic rings. The minimum absolute atomic E-state index is 0.0332. The van der Waals surface area contributed by atoms with Crippen LogP contribution in [0.3, 0.4) is 0 Å². The van der Waals surface area contributed by atoms with Gasteiger partial charge in [-0.3, -0.25) is 9.59 Å². The fourth-order valence-corrected chi connectivity index (χ4v) is 5.20. The quantitative estimate of drug-likeness (QED) is 0.685. The van der Waals surface area contributed by atoms with Crippen molar-refractivity contribution >= 4 is 15.7 Å². The molecule has 1 saturated heterocycles. The van der Waals surface area contributed by atoms with E-state index in [1.54, 1.807) is 12.1 Å². The van der Waals surface area contributed by atoms with Crippen LogP contribution >= 0.6 is 0 Å². The van der Waals surface area contributed by atoms with Crippen LogP contribution in [-0.2, 0) is 9.84 Å². The molecule has 29 heavy (non-hydrogen) atoms. The van der Waals surface area contributed by atoms with Crippen LogP contribution in [0.1, 0.15) is 16.8 Å². The number of benzene rings is 2. The third kappa shape index (κ3) is 3.97. The highest BCUT2D eigenvalue weighted by Gasteiger charge is 2.31. The lowest BCUT2D eigenvalue weighted by Gasteiger charge is -2.16. The maximum absolute atomic E-state index is 13.1. The van der Waals surface area contributed by atoms with E-state index in [9.17, 15) is 18.0 Å².